The molecule has 0 saturated carbocycles. The highest BCUT2D eigenvalue weighted by atomic mass is 16.5. The minimum absolute atomic E-state index is 0.0828. The maximum Gasteiger partial charge on any atom is 0.251 e. The number of carbonyl (C=O) groups is 1. The van der Waals surface area contributed by atoms with Crippen molar-refractivity contribution < 1.29 is 14.3 Å². The van der Waals surface area contributed by atoms with Gasteiger partial charge in [-0.3, -0.25) is 4.79 Å². The van der Waals surface area contributed by atoms with Crippen LogP contribution in [0.25, 0.3) is 0 Å². The van der Waals surface area contributed by atoms with Crippen LogP contribution in [-0.4, -0.2) is 26.7 Å². The zero-order valence-corrected chi connectivity index (χ0v) is 12.3. The molecule has 0 bridgehead atoms. The second-order valence-corrected chi connectivity index (χ2v) is 4.59. The van der Waals surface area contributed by atoms with Crippen LogP contribution in [0, 0.1) is 0 Å². The molecule has 4 nitrogen and oxygen atoms in total. The first-order valence-corrected chi connectivity index (χ1v) is 6.78. The summed E-state index contributed by atoms with van der Waals surface area (Å²) in [7, 11) is 3.24. The Morgan fingerprint density at radius 2 is 1.71 bits per heavy atom. The van der Waals surface area contributed by atoms with E-state index in [1.54, 1.807) is 38.5 Å². The topological polar surface area (TPSA) is 47.6 Å². The molecule has 0 heterocycles. The molecule has 2 aromatic rings. The Bertz CT molecular complexity index is 593. The molecular formula is C17H19NO3. The van der Waals surface area contributed by atoms with Crippen molar-refractivity contribution in [2.24, 2.45) is 0 Å². The Labute approximate surface area is 124 Å². The van der Waals surface area contributed by atoms with E-state index in [1.165, 1.54) is 0 Å². The zero-order chi connectivity index (χ0) is 15.1. The van der Waals surface area contributed by atoms with Gasteiger partial charge >= 0.3 is 0 Å². The van der Waals surface area contributed by atoms with Crippen LogP contribution in [0.5, 0.6) is 11.5 Å². The maximum absolute atomic E-state index is 12.0. The highest BCUT2D eigenvalue weighted by Crippen LogP contribution is 2.13. The smallest absolute Gasteiger partial charge is 0.251 e. The predicted molar refractivity (Wildman–Crippen MR) is 82.0 cm³/mol. The van der Waals surface area contributed by atoms with Crippen LogP contribution < -0.4 is 14.8 Å². The number of amides is 1. The number of hydrogen-bond acceptors (Lipinski definition) is 3. The highest BCUT2D eigenvalue weighted by Gasteiger charge is 2.05. The van der Waals surface area contributed by atoms with Crippen LogP contribution in [0.2, 0.25) is 0 Å². The van der Waals surface area contributed by atoms with Crippen LogP contribution in [0.4, 0.5) is 0 Å². The lowest BCUT2D eigenvalue weighted by atomic mass is 10.1. The molecule has 0 aromatic heterocycles. The molecule has 0 spiro atoms. The van der Waals surface area contributed by atoms with Crippen molar-refractivity contribution >= 4 is 5.91 Å². The minimum Gasteiger partial charge on any atom is -0.497 e. The fourth-order valence-electron chi connectivity index (χ4n) is 1.99. The molecule has 110 valence electrons. The summed E-state index contributed by atoms with van der Waals surface area (Å²) >= 11 is 0. The van der Waals surface area contributed by atoms with E-state index in [9.17, 15) is 4.79 Å². The molecule has 21 heavy (non-hydrogen) atoms. The molecule has 0 fully saturated rings. The van der Waals surface area contributed by atoms with E-state index >= 15 is 0 Å². The standard InChI is InChI=1S/C17H19NO3/c1-20-15-8-6-14(7-9-15)17(19)18-11-10-13-4-3-5-16(12-13)21-2/h3-9,12H,10-11H2,1-2H3,(H,18,19). The molecule has 0 aliphatic carbocycles. The Hall–Kier alpha value is -2.49. The molecule has 0 unspecified atom stereocenters. The second kappa shape index (κ2) is 7.33. The molecule has 4 heteroatoms. The summed E-state index contributed by atoms with van der Waals surface area (Å²) in [6.07, 6.45) is 0.763. The summed E-state index contributed by atoms with van der Waals surface area (Å²) in [4.78, 5) is 12.0. The van der Waals surface area contributed by atoms with Crippen molar-refractivity contribution in [3.63, 3.8) is 0 Å². The molecule has 1 amide bonds. The fraction of sp³-hybridized carbons (Fsp3) is 0.235. The fourth-order valence-corrected chi connectivity index (χ4v) is 1.99. The number of carbonyl (C=O) groups excluding carboxylic acids is 1. The first-order valence-electron chi connectivity index (χ1n) is 6.78. The normalized spacial score (nSPS) is 10.0. The maximum atomic E-state index is 12.0. The van der Waals surface area contributed by atoms with Crippen molar-refractivity contribution in [1.29, 1.82) is 0 Å². The quantitative estimate of drug-likeness (QED) is 0.887. The number of hydrogen-bond donors (Lipinski definition) is 1. The Morgan fingerprint density at radius 3 is 2.38 bits per heavy atom. The van der Waals surface area contributed by atoms with Crippen LogP contribution in [0.3, 0.4) is 0 Å². The minimum atomic E-state index is -0.0828. The van der Waals surface area contributed by atoms with E-state index < -0.39 is 0 Å². The van der Waals surface area contributed by atoms with Gasteiger partial charge in [-0.2, -0.15) is 0 Å². The molecule has 0 saturated heterocycles. The van der Waals surface area contributed by atoms with Crippen LogP contribution in [0.1, 0.15) is 15.9 Å². The van der Waals surface area contributed by atoms with Crippen molar-refractivity contribution in [1.82, 2.24) is 5.32 Å². The Balaban J connectivity index is 1.85. The third-order valence-electron chi connectivity index (χ3n) is 3.19. The van der Waals surface area contributed by atoms with Gasteiger partial charge in [-0.25, -0.2) is 0 Å². The number of ether oxygens (including phenoxy) is 2. The molecule has 0 radical (unpaired) electrons. The van der Waals surface area contributed by atoms with E-state index in [1.807, 2.05) is 24.3 Å². The van der Waals surface area contributed by atoms with Crippen LogP contribution >= 0.6 is 0 Å². The molecule has 2 rings (SSSR count). The molecule has 1 N–H and O–H groups in total. The highest BCUT2D eigenvalue weighted by molar-refractivity contribution is 5.94. The Kier molecular flexibility index (Phi) is 5.21. The first-order chi connectivity index (χ1) is 10.2. The number of benzene rings is 2. The van der Waals surface area contributed by atoms with Gasteiger partial charge in [0.05, 0.1) is 14.2 Å². The van der Waals surface area contributed by atoms with Gasteiger partial charge in [-0.05, 0) is 48.4 Å². The van der Waals surface area contributed by atoms with E-state index in [0.717, 1.165) is 23.5 Å². The number of rotatable bonds is 6. The summed E-state index contributed by atoms with van der Waals surface area (Å²) in [5.41, 5.74) is 1.76. The number of methoxy groups -OCH3 is 2. The lowest BCUT2D eigenvalue weighted by molar-refractivity contribution is 0.0954. The molecule has 2 aromatic carbocycles. The summed E-state index contributed by atoms with van der Waals surface area (Å²) in [6, 6.07) is 14.9. The molecule has 0 aliphatic rings. The monoisotopic (exact) mass is 285 g/mol. The summed E-state index contributed by atoms with van der Waals surface area (Å²) < 4.78 is 10.2. The van der Waals surface area contributed by atoms with Gasteiger partial charge in [0.25, 0.3) is 5.91 Å². The second-order valence-electron chi connectivity index (χ2n) is 4.59. The van der Waals surface area contributed by atoms with Crippen molar-refractivity contribution in [3.05, 3.63) is 59.7 Å². The van der Waals surface area contributed by atoms with Gasteiger partial charge in [0.15, 0.2) is 0 Å². The summed E-state index contributed by atoms with van der Waals surface area (Å²) in [6.45, 7) is 0.581. The predicted octanol–water partition coefficient (Wildman–Crippen LogP) is 2.68. The molecule has 0 atom stereocenters. The van der Waals surface area contributed by atoms with Gasteiger partial charge in [0.1, 0.15) is 11.5 Å². The zero-order valence-electron chi connectivity index (χ0n) is 12.3. The Morgan fingerprint density at radius 1 is 1.00 bits per heavy atom. The van der Waals surface area contributed by atoms with Crippen molar-refractivity contribution in [2.75, 3.05) is 20.8 Å². The average molecular weight is 285 g/mol. The van der Waals surface area contributed by atoms with Crippen molar-refractivity contribution in [2.45, 2.75) is 6.42 Å². The summed E-state index contributed by atoms with van der Waals surface area (Å²) in [5, 5.41) is 2.90. The van der Waals surface area contributed by atoms with Gasteiger partial charge < -0.3 is 14.8 Å². The lowest BCUT2D eigenvalue weighted by Crippen LogP contribution is -2.25. The van der Waals surface area contributed by atoms with Crippen LogP contribution in [0.15, 0.2) is 48.5 Å². The van der Waals surface area contributed by atoms with E-state index in [4.69, 9.17) is 9.47 Å². The largest absolute Gasteiger partial charge is 0.497 e. The van der Waals surface area contributed by atoms with E-state index in [0.29, 0.717) is 12.1 Å². The van der Waals surface area contributed by atoms with Gasteiger partial charge in [-0.15, -0.1) is 0 Å². The van der Waals surface area contributed by atoms with Crippen molar-refractivity contribution in [3.8, 4) is 11.5 Å². The number of nitrogens with one attached hydrogen (secondary N) is 1. The molecular weight excluding hydrogens is 266 g/mol. The van der Waals surface area contributed by atoms with E-state index in [-0.39, 0.29) is 5.91 Å². The van der Waals surface area contributed by atoms with Gasteiger partial charge in [0.2, 0.25) is 0 Å². The van der Waals surface area contributed by atoms with Gasteiger partial charge in [0, 0.05) is 12.1 Å². The van der Waals surface area contributed by atoms with Crippen LogP contribution in [-0.2, 0) is 6.42 Å². The third-order valence-corrected chi connectivity index (χ3v) is 3.19. The molecule has 0 aliphatic heterocycles. The van der Waals surface area contributed by atoms with E-state index in [2.05, 4.69) is 5.32 Å². The van der Waals surface area contributed by atoms with Gasteiger partial charge in [-0.1, -0.05) is 12.1 Å². The lowest BCUT2D eigenvalue weighted by Gasteiger charge is -2.07. The SMILES string of the molecule is COc1ccc(C(=O)NCCc2cccc(OC)c2)cc1. The summed E-state index contributed by atoms with van der Waals surface area (Å²) in [5.74, 6) is 1.48. The third kappa shape index (κ3) is 4.24. The average Bonchev–Trinajstić information content (AvgIpc) is 2.55. The first kappa shape index (κ1) is 14.9.